The quantitative estimate of drug-likeness (QED) is 0.762. The summed E-state index contributed by atoms with van der Waals surface area (Å²) in [5.41, 5.74) is 6.03. The molecule has 1 saturated heterocycles. The summed E-state index contributed by atoms with van der Waals surface area (Å²) in [6, 6.07) is 1.69. The van der Waals surface area contributed by atoms with Crippen LogP contribution in [0.5, 0.6) is 0 Å². The molecule has 3 aliphatic rings. The summed E-state index contributed by atoms with van der Waals surface area (Å²) >= 11 is 0. The molecule has 2 aliphatic carbocycles. The number of nitrogens with one attached hydrogen (secondary N) is 1. The van der Waals surface area contributed by atoms with Gasteiger partial charge in [0, 0.05) is 24.7 Å². The zero-order valence-electron chi connectivity index (χ0n) is 10.0. The molecule has 0 radical (unpaired) electrons. The molecule has 3 rings (SSSR count). The van der Waals surface area contributed by atoms with Crippen molar-refractivity contribution in [2.45, 2.75) is 69.2 Å². The molecule has 4 atom stereocenters. The fraction of sp³-hybridized carbons (Fsp3) is 1.00. The normalized spacial score (nSPS) is 44.8. The van der Waals surface area contributed by atoms with E-state index in [4.69, 9.17) is 10.5 Å². The lowest BCUT2D eigenvalue weighted by atomic mass is 9.90. The maximum atomic E-state index is 6.03. The van der Waals surface area contributed by atoms with Gasteiger partial charge in [-0.3, -0.25) is 0 Å². The standard InChI is InChI=1S/C13H24N2O/c14-10-2-1-3-11(8-10)15-12-6-7-16-13(12)9-4-5-9/h9-13,15H,1-8,14H2. The molecule has 0 spiro atoms. The van der Waals surface area contributed by atoms with Crippen LogP contribution in [0.15, 0.2) is 0 Å². The van der Waals surface area contributed by atoms with Crippen LogP contribution in [0.25, 0.3) is 0 Å². The molecule has 92 valence electrons. The molecule has 0 bridgehead atoms. The van der Waals surface area contributed by atoms with E-state index in [0.29, 0.717) is 24.2 Å². The third-order valence-electron chi connectivity index (χ3n) is 4.39. The van der Waals surface area contributed by atoms with Gasteiger partial charge in [-0.15, -0.1) is 0 Å². The molecule has 3 nitrogen and oxygen atoms in total. The molecule has 1 aliphatic heterocycles. The van der Waals surface area contributed by atoms with Crippen LogP contribution in [-0.4, -0.2) is 30.8 Å². The fourth-order valence-electron chi connectivity index (χ4n) is 3.36. The van der Waals surface area contributed by atoms with E-state index in [9.17, 15) is 0 Å². The second kappa shape index (κ2) is 4.63. The number of rotatable bonds is 3. The summed E-state index contributed by atoms with van der Waals surface area (Å²) in [5.74, 6) is 0.859. The van der Waals surface area contributed by atoms with Gasteiger partial charge in [0.15, 0.2) is 0 Å². The van der Waals surface area contributed by atoms with E-state index in [-0.39, 0.29) is 0 Å². The molecule has 16 heavy (non-hydrogen) atoms. The molecular weight excluding hydrogens is 200 g/mol. The fourth-order valence-corrected chi connectivity index (χ4v) is 3.36. The minimum atomic E-state index is 0.424. The molecule has 0 aromatic heterocycles. The smallest absolute Gasteiger partial charge is 0.0757 e. The van der Waals surface area contributed by atoms with Crippen molar-refractivity contribution in [3.05, 3.63) is 0 Å². The van der Waals surface area contributed by atoms with E-state index in [0.717, 1.165) is 18.9 Å². The summed E-state index contributed by atoms with van der Waals surface area (Å²) in [7, 11) is 0. The lowest BCUT2D eigenvalue weighted by Crippen LogP contribution is -2.47. The third-order valence-corrected chi connectivity index (χ3v) is 4.39. The van der Waals surface area contributed by atoms with Gasteiger partial charge in [-0.05, 0) is 44.4 Å². The van der Waals surface area contributed by atoms with Crippen molar-refractivity contribution in [1.29, 1.82) is 0 Å². The van der Waals surface area contributed by atoms with Gasteiger partial charge in [0.05, 0.1) is 6.10 Å². The summed E-state index contributed by atoms with van der Waals surface area (Å²) in [6.45, 7) is 0.956. The van der Waals surface area contributed by atoms with Crippen LogP contribution >= 0.6 is 0 Å². The highest BCUT2D eigenvalue weighted by Crippen LogP contribution is 2.39. The monoisotopic (exact) mass is 224 g/mol. The van der Waals surface area contributed by atoms with Gasteiger partial charge in [0.1, 0.15) is 0 Å². The largest absolute Gasteiger partial charge is 0.376 e. The second-order valence-electron chi connectivity index (χ2n) is 5.86. The van der Waals surface area contributed by atoms with Crippen molar-refractivity contribution >= 4 is 0 Å². The van der Waals surface area contributed by atoms with Crippen LogP contribution in [0, 0.1) is 5.92 Å². The van der Waals surface area contributed by atoms with E-state index < -0.39 is 0 Å². The Kier molecular flexibility index (Phi) is 3.18. The van der Waals surface area contributed by atoms with Gasteiger partial charge in [-0.1, -0.05) is 6.42 Å². The minimum absolute atomic E-state index is 0.424. The maximum Gasteiger partial charge on any atom is 0.0757 e. The van der Waals surface area contributed by atoms with Gasteiger partial charge in [-0.2, -0.15) is 0 Å². The van der Waals surface area contributed by atoms with E-state index in [1.165, 1.54) is 38.5 Å². The molecule has 0 aromatic rings. The molecule has 3 heteroatoms. The summed E-state index contributed by atoms with van der Waals surface area (Å²) in [4.78, 5) is 0. The van der Waals surface area contributed by atoms with Gasteiger partial charge in [-0.25, -0.2) is 0 Å². The van der Waals surface area contributed by atoms with Gasteiger partial charge in [0.25, 0.3) is 0 Å². The first-order valence-electron chi connectivity index (χ1n) is 6.96. The number of nitrogens with two attached hydrogens (primary N) is 1. The summed E-state index contributed by atoms with van der Waals surface area (Å²) < 4.78 is 5.86. The molecule has 0 amide bonds. The van der Waals surface area contributed by atoms with Crippen molar-refractivity contribution in [1.82, 2.24) is 5.32 Å². The molecule has 3 N–H and O–H groups in total. The molecule has 2 saturated carbocycles. The lowest BCUT2D eigenvalue weighted by molar-refractivity contribution is 0.0773. The maximum absolute atomic E-state index is 6.03. The molecular formula is C13H24N2O. The van der Waals surface area contributed by atoms with Crippen LogP contribution in [-0.2, 0) is 4.74 Å². The van der Waals surface area contributed by atoms with E-state index in [1.54, 1.807) is 0 Å². The zero-order valence-corrected chi connectivity index (χ0v) is 10.0. The topological polar surface area (TPSA) is 47.3 Å². The Morgan fingerprint density at radius 3 is 2.69 bits per heavy atom. The molecule has 1 heterocycles. The highest BCUT2D eigenvalue weighted by atomic mass is 16.5. The Morgan fingerprint density at radius 2 is 1.94 bits per heavy atom. The predicted molar refractivity (Wildman–Crippen MR) is 64.2 cm³/mol. The molecule has 3 fully saturated rings. The van der Waals surface area contributed by atoms with Crippen molar-refractivity contribution in [3.8, 4) is 0 Å². The lowest BCUT2D eigenvalue weighted by Gasteiger charge is -2.31. The average molecular weight is 224 g/mol. The van der Waals surface area contributed by atoms with Crippen LogP contribution in [0.2, 0.25) is 0 Å². The van der Waals surface area contributed by atoms with Crippen LogP contribution < -0.4 is 11.1 Å². The van der Waals surface area contributed by atoms with Gasteiger partial charge >= 0.3 is 0 Å². The number of hydrogen-bond donors (Lipinski definition) is 2. The van der Waals surface area contributed by atoms with E-state index in [1.807, 2.05) is 0 Å². The summed E-state index contributed by atoms with van der Waals surface area (Å²) in [6.07, 6.45) is 9.45. The highest BCUT2D eigenvalue weighted by Gasteiger charge is 2.41. The zero-order chi connectivity index (χ0) is 11.0. The van der Waals surface area contributed by atoms with E-state index >= 15 is 0 Å². The van der Waals surface area contributed by atoms with Crippen molar-refractivity contribution < 1.29 is 4.74 Å². The van der Waals surface area contributed by atoms with Crippen molar-refractivity contribution in [2.24, 2.45) is 11.7 Å². The van der Waals surface area contributed by atoms with Gasteiger partial charge < -0.3 is 15.8 Å². The van der Waals surface area contributed by atoms with Gasteiger partial charge in [0.2, 0.25) is 0 Å². The SMILES string of the molecule is NC1CCCC(NC2CCOC2C2CC2)C1. The minimum Gasteiger partial charge on any atom is -0.376 e. The predicted octanol–water partition coefficient (Wildman–Crippen LogP) is 1.41. The number of hydrogen-bond acceptors (Lipinski definition) is 3. The Labute approximate surface area is 98.1 Å². The van der Waals surface area contributed by atoms with Crippen molar-refractivity contribution in [2.75, 3.05) is 6.61 Å². The number of ether oxygens (including phenoxy) is 1. The Balaban J connectivity index is 1.52. The molecule has 4 unspecified atom stereocenters. The molecule has 0 aromatic carbocycles. The first kappa shape index (κ1) is 11.0. The Hall–Kier alpha value is -0.120. The first-order valence-corrected chi connectivity index (χ1v) is 6.96. The van der Waals surface area contributed by atoms with Crippen LogP contribution in [0.1, 0.15) is 44.9 Å². The van der Waals surface area contributed by atoms with Crippen molar-refractivity contribution in [3.63, 3.8) is 0 Å². The second-order valence-corrected chi connectivity index (χ2v) is 5.86. The van der Waals surface area contributed by atoms with Crippen LogP contribution in [0.4, 0.5) is 0 Å². The summed E-state index contributed by atoms with van der Waals surface area (Å²) in [5, 5.41) is 3.81. The first-order chi connectivity index (χ1) is 7.83. The highest BCUT2D eigenvalue weighted by molar-refractivity contribution is 4.95. The van der Waals surface area contributed by atoms with E-state index in [2.05, 4.69) is 5.32 Å². The average Bonchev–Trinajstić information content (AvgIpc) is 3.00. The third kappa shape index (κ3) is 2.41. The van der Waals surface area contributed by atoms with Crippen LogP contribution in [0.3, 0.4) is 0 Å². The Morgan fingerprint density at radius 1 is 1.06 bits per heavy atom. The Bertz CT molecular complexity index is 242.